The summed E-state index contributed by atoms with van der Waals surface area (Å²) in [7, 11) is -1.54. The predicted octanol–water partition coefficient (Wildman–Crippen LogP) is 3.92. The average molecular weight is 523 g/mol. The Labute approximate surface area is 195 Å². The first-order valence-corrected chi connectivity index (χ1v) is 13.3. The fourth-order valence-electron chi connectivity index (χ4n) is 4.27. The SMILES string of the molecule is COc1ccccc1CC(=O)N=C1SC2CS(=O)(=O)CC2N1c1c(C)cc(Br)cc1C. The Bertz CT molecular complexity index is 1160. The fourth-order valence-corrected chi connectivity index (χ4v) is 8.87. The van der Waals surface area contributed by atoms with E-state index in [1.165, 1.54) is 11.8 Å². The summed E-state index contributed by atoms with van der Waals surface area (Å²) in [6, 6.07) is 11.1. The van der Waals surface area contributed by atoms with E-state index < -0.39 is 9.84 Å². The van der Waals surface area contributed by atoms with Crippen LogP contribution in [0, 0.1) is 13.8 Å². The summed E-state index contributed by atoms with van der Waals surface area (Å²) in [4.78, 5) is 19.3. The minimum Gasteiger partial charge on any atom is -0.496 e. The van der Waals surface area contributed by atoms with Gasteiger partial charge in [0.15, 0.2) is 15.0 Å². The number of hydrogen-bond donors (Lipinski definition) is 0. The smallest absolute Gasteiger partial charge is 0.252 e. The Morgan fingerprint density at radius 3 is 2.58 bits per heavy atom. The second-order valence-electron chi connectivity index (χ2n) is 7.84. The van der Waals surface area contributed by atoms with Crippen molar-refractivity contribution in [2.75, 3.05) is 23.5 Å². The van der Waals surface area contributed by atoms with E-state index in [1.54, 1.807) is 7.11 Å². The number of amides is 1. The number of thioether (sulfide) groups is 1. The minimum atomic E-state index is -3.12. The van der Waals surface area contributed by atoms with Crippen molar-refractivity contribution in [3.05, 3.63) is 57.6 Å². The molecule has 0 bridgehead atoms. The minimum absolute atomic E-state index is 0.0688. The average Bonchev–Trinajstić information content (AvgIpc) is 3.13. The van der Waals surface area contributed by atoms with Gasteiger partial charge in [0.05, 0.1) is 31.1 Å². The molecule has 2 aromatic carbocycles. The maximum atomic E-state index is 12.9. The van der Waals surface area contributed by atoms with Gasteiger partial charge in [0.1, 0.15) is 5.75 Å². The molecular formula is C22H23BrN2O4S2. The first-order chi connectivity index (χ1) is 14.7. The molecular weight excluding hydrogens is 500 g/mol. The van der Waals surface area contributed by atoms with E-state index in [0.717, 1.165) is 26.9 Å². The van der Waals surface area contributed by atoms with Crippen molar-refractivity contribution in [2.45, 2.75) is 31.6 Å². The Balaban J connectivity index is 1.72. The van der Waals surface area contributed by atoms with E-state index in [2.05, 4.69) is 20.9 Å². The lowest BCUT2D eigenvalue weighted by Gasteiger charge is -2.28. The second kappa shape index (κ2) is 8.60. The summed E-state index contributed by atoms with van der Waals surface area (Å²) >= 11 is 4.91. The van der Waals surface area contributed by atoms with E-state index in [0.29, 0.717) is 10.9 Å². The van der Waals surface area contributed by atoms with E-state index in [1.807, 2.05) is 55.1 Å². The quantitative estimate of drug-likeness (QED) is 0.605. The number of anilines is 1. The molecule has 164 valence electrons. The molecule has 2 aliphatic rings. The summed E-state index contributed by atoms with van der Waals surface area (Å²) in [6.07, 6.45) is 0.119. The summed E-state index contributed by atoms with van der Waals surface area (Å²) < 4.78 is 30.9. The van der Waals surface area contributed by atoms with E-state index in [-0.39, 0.29) is 35.1 Å². The number of aryl methyl sites for hydroxylation is 2. The van der Waals surface area contributed by atoms with Gasteiger partial charge in [-0.1, -0.05) is 45.9 Å². The molecule has 2 heterocycles. The molecule has 0 aromatic heterocycles. The van der Waals surface area contributed by atoms with Gasteiger partial charge in [-0.15, -0.1) is 0 Å². The molecule has 0 N–H and O–H groups in total. The molecule has 2 saturated heterocycles. The van der Waals surface area contributed by atoms with Gasteiger partial charge in [-0.3, -0.25) is 4.79 Å². The second-order valence-corrected chi connectivity index (χ2v) is 12.1. The molecule has 0 radical (unpaired) electrons. The van der Waals surface area contributed by atoms with Crippen LogP contribution in [0.2, 0.25) is 0 Å². The third kappa shape index (κ3) is 4.54. The Morgan fingerprint density at radius 1 is 1.23 bits per heavy atom. The molecule has 2 unspecified atom stereocenters. The number of fused-ring (bicyclic) bond motifs is 1. The van der Waals surface area contributed by atoms with Crippen molar-refractivity contribution in [2.24, 2.45) is 4.99 Å². The molecule has 2 aromatic rings. The number of carbonyl (C=O) groups is 1. The fraction of sp³-hybridized carbons (Fsp3) is 0.364. The predicted molar refractivity (Wildman–Crippen MR) is 129 cm³/mol. The van der Waals surface area contributed by atoms with Crippen molar-refractivity contribution >= 4 is 54.3 Å². The van der Waals surface area contributed by atoms with Gasteiger partial charge in [0.25, 0.3) is 5.91 Å². The van der Waals surface area contributed by atoms with Crippen LogP contribution in [0.3, 0.4) is 0 Å². The summed E-state index contributed by atoms with van der Waals surface area (Å²) in [5.41, 5.74) is 3.70. The van der Waals surface area contributed by atoms with Crippen molar-refractivity contribution < 1.29 is 17.9 Å². The highest BCUT2D eigenvalue weighted by Crippen LogP contribution is 2.43. The molecule has 2 atom stereocenters. The number of ether oxygens (including phenoxy) is 1. The number of benzene rings is 2. The summed E-state index contributed by atoms with van der Waals surface area (Å²) in [5, 5.41) is 0.434. The third-order valence-electron chi connectivity index (χ3n) is 5.52. The van der Waals surface area contributed by atoms with E-state index in [4.69, 9.17) is 4.74 Å². The number of halogens is 1. The standard InChI is InChI=1S/C22H23BrN2O4S2/c1-13-8-16(23)9-14(2)21(13)25-17-11-31(27,28)12-19(17)30-22(25)24-20(26)10-15-6-4-5-7-18(15)29-3/h4-9,17,19H,10-12H2,1-3H3. The van der Waals surface area contributed by atoms with Crippen molar-refractivity contribution in [3.8, 4) is 5.75 Å². The van der Waals surface area contributed by atoms with Gasteiger partial charge in [-0.25, -0.2) is 8.42 Å². The van der Waals surface area contributed by atoms with Gasteiger partial charge < -0.3 is 9.64 Å². The lowest BCUT2D eigenvalue weighted by atomic mass is 10.1. The summed E-state index contributed by atoms with van der Waals surface area (Å²) in [5.74, 6) is 0.536. The first-order valence-electron chi connectivity index (χ1n) is 9.85. The zero-order chi connectivity index (χ0) is 22.3. The zero-order valence-corrected chi connectivity index (χ0v) is 20.7. The number of rotatable bonds is 4. The molecule has 4 rings (SSSR count). The maximum absolute atomic E-state index is 12.9. The van der Waals surface area contributed by atoms with Gasteiger partial charge in [0, 0.05) is 21.0 Å². The molecule has 31 heavy (non-hydrogen) atoms. The first kappa shape index (κ1) is 22.4. The van der Waals surface area contributed by atoms with Crippen LogP contribution in [-0.2, 0) is 21.1 Å². The van der Waals surface area contributed by atoms with Gasteiger partial charge in [0.2, 0.25) is 0 Å². The van der Waals surface area contributed by atoms with Gasteiger partial charge >= 0.3 is 0 Å². The molecule has 0 aliphatic carbocycles. The third-order valence-corrected chi connectivity index (χ3v) is 9.19. The van der Waals surface area contributed by atoms with E-state index in [9.17, 15) is 13.2 Å². The monoisotopic (exact) mass is 522 g/mol. The number of para-hydroxylation sites is 1. The number of nitrogens with zero attached hydrogens (tertiary/aromatic N) is 2. The molecule has 0 spiro atoms. The highest BCUT2D eigenvalue weighted by molar-refractivity contribution is 9.10. The lowest BCUT2D eigenvalue weighted by molar-refractivity contribution is -0.117. The Hall–Kier alpha value is -1.84. The molecule has 6 nitrogen and oxygen atoms in total. The van der Waals surface area contributed by atoms with Crippen molar-refractivity contribution in [1.29, 1.82) is 0 Å². The number of sulfone groups is 1. The number of carbonyl (C=O) groups excluding carboxylic acids is 1. The highest BCUT2D eigenvalue weighted by Gasteiger charge is 2.50. The van der Waals surface area contributed by atoms with Gasteiger partial charge in [-0.05, 0) is 43.2 Å². The Morgan fingerprint density at radius 2 is 1.90 bits per heavy atom. The largest absolute Gasteiger partial charge is 0.496 e. The Kier molecular flexibility index (Phi) is 6.20. The zero-order valence-electron chi connectivity index (χ0n) is 17.5. The van der Waals surface area contributed by atoms with Crippen LogP contribution in [0.25, 0.3) is 0 Å². The van der Waals surface area contributed by atoms with Crippen LogP contribution in [0.15, 0.2) is 45.9 Å². The van der Waals surface area contributed by atoms with Crippen molar-refractivity contribution in [3.63, 3.8) is 0 Å². The topological polar surface area (TPSA) is 76.0 Å². The number of hydrogen-bond acceptors (Lipinski definition) is 5. The van der Waals surface area contributed by atoms with Crippen molar-refractivity contribution in [1.82, 2.24) is 0 Å². The molecule has 2 fully saturated rings. The van der Waals surface area contributed by atoms with E-state index >= 15 is 0 Å². The lowest BCUT2D eigenvalue weighted by Crippen LogP contribution is -2.38. The van der Waals surface area contributed by atoms with Crippen LogP contribution in [-0.4, -0.2) is 49.4 Å². The highest BCUT2D eigenvalue weighted by atomic mass is 79.9. The van der Waals surface area contributed by atoms with Crippen LogP contribution in [0.4, 0.5) is 5.69 Å². The van der Waals surface area contributed by atoms with Gasteiger partial charge in [-0.2, -0.15) is 4.99 Å². The number of amidine groups is 1. The number of methoxy groups -OCH3 is 1. The normalized spacial score (nSPS) is 23.2. The van der Waals surface area contributed by atoms with Crippen LogP contribution >= 0.6 is 27.7 Å². The number of aliphatic imine (C=N–C) groups is 1. The summed E-state index contributed by atoms with van der Waals surface area (Å²) in [6.45, 7) is 3.98. The van der Waals surface area contributed by atoms with Crippen LogP contribution in [0.1, 0.15) is 16.7 Å². The molecule has 9 heteroatoms. The molecule has 2 aliphatic heterocycles. The van der Waals surface area contributed by atoms with Crippen LogP contribution in [0.5, 0.6) is 5.75 Å². The molecule has 1 amide bonds. The molecule has 0 saturated carbocycles. The maximum Gasteiger partial charge on any atom is 0.252 e. The van der Waals surface area contributed by atoms with Crippen LogP contribution < -0.4 is 9.64 Å².